The minimum Gasteiger partial charge on any atom is -0.369 e. The number of likely N-dealkylation sites (N-methyl/N-ethyl adjacent to an activating group) is 2. The summed E-state index contributed by atoms with van der Waals surface area (Å²) in [6.07, 6.45) is 4.09. The van der Waals surface area contributed by atoms with Crippen LogP contribution in [0, 0.1) is 0 Å². The van der Waals surface area contributed by atoms with Gasteiger partial charge < -0.3 is 15.1 Å². The Morgan fingerprint density at radius 2 is 2.32 bits per heavy atom. The second kappa shape index (κ2) is 6.52. The fraction of sp³-hybridized carbons (Fsp3) is 0.692. The lowest BCUT2D eigenvalue weighted by Gasteiger charge is -2.36. The van der Waals surface area contributed by atoms with Crippen LogP contribution in [0.1, 0.15) is 19.8 Å². The number of rotatable bonds is 4. The number of hydrogen-bond donors (Lipinski definition) is 1. The van der Waals surface area contributed by atoms with Crippen molar-refractivity contribution in [3.63, 3.8) is 0 Å². The molecule has 0 spiro atoms. The van der Waals surface area contributed by atoms with E-state index in [1.165, 1.54) is 19.4 Å². The Balaban J connectivity index is 2.18. The number of anilines is 2. The second-order valence-corrected chi connectivity index (χ2v) is 5.85. The topological polar surface area (TPSA) is 44.3 Å². The average molecular weight is 328 g/mol. The maximum atomic E-state index is 4.43. The van der Waals surface area contributed by atoms with Crippen LogP contribution in [0.25, 0.3) is 0 Å². The fourth-order valence-corrected chi connectivity index (χ4v) is 3.15. The first-order valence-electron chi connectivity index (χ1n) is 6.79. The highest BCUT2D eigenvalue weighted by atomic mass is 79.9. The third kappa shape index (κ3) is 3.36. The first kappa shape index (κ1) is 14.5. The van der Waals surface area contributed by atoms with Crippen LogP contribution in [0.3, 0.4) is 0 Å². The van der Waals surface area contributed by atoms with Gasteiger partial charge in [-0.25, -0.2) is 9.97 Å². The average Bonchev–Trinajstić information content (AvgIpc) is 2.41. The molecule has 2 heterocycles. The van der Waals surface area contributed by atoms with Gasteiger partial charge in [0.25, 0.3) is 0 Å². The monoisotopic (exact) mass is 327 g/mol. The standard InChI is InChI=1S/C13H22BrN5/c1-4-15-12-11(14)13(17-9-16-12)19(3)10-6-5-7-18(2)8-10/h9-10H,4-8H2,1-3H3,(H,15,16,17). The molecule has 0 radical (unpaired) electrons. The van der Waals surface area contributed by atoms with Crippen LogP contribution < -0.4 is 10.2 Å². The predicted molar refractivity (Wildman–Crippen MR) is 82.8 cm³/mol. The van der Waals surface area contributed by atoms with Crippen LogP contribution in [0.15, 0.2) is 10.8 Å². The number of piperidine rings is 1. The molecule has 2 rings (SSSR count). The first-order valence-corrected chi connectivity index (χ1v) is 7.58. The van der Waals surface area contributed by atoms with Gasteiger partial charge in [-0.1, -0.05) is 0 Å². The number of halogens is 1. The Kier molecular flexibility index (Phi) is 4.99. The number of nitrogens with one attached hydrogen (secondary N) is 1. The molecule has 1 aromatic rings. The lowest BCUT2D eigenvalue weighted by Crippen LogP contribution is -2.45. The van der Waals surface area contributed by atoms with Crippen molar-refractivity contribution in [3.8, 4) is 0 Å². The van der Waals surface area contributed by atoms with Gasteiger partial charge in [0.1, 0.15) is 22.4 Å². The zero-order valence-electron chi connectivity index (χ0n) is 11.9. The summed E-state index contributed by atoms with van der Waals surface area (Å²) in [5.74, 6) is 1.83. The molecule has 0 saturated carbocycles. The van der Waals surface area contributed by atoms with Gasteiger partial charge in [0.15, 0.2) is 0 Å². The van der Waals surface area contributed by atoms with Gasteiger partial charge in [0.2, 0.25) is 0 Å². The maximum Gasteiger partial charge on any atom is 0.148 e. The maximum absolute atomic E-state index is 4.43. The van der Waals surface area contributed by atoms with E-state index in [1.54, 1.807) is 6.33 Å². The van der Waals surface area contributed by atoms with Crippen molar-refractivity contribution in [3.05, 3.63) is 10.8 Å². The van der Waals surface area contributed by atoms with Crippen LogP contribution in [0.2, 0.25) is 0 Å². The summed E-state index contributed by atoms with van der Waals surface area (Å²) in [6, 6.07) is 0.513. The van der Waals surface area contributed by atoms with Crippen molar-refractivity contribution in [2.45, 2.75) is 25.8 Å². The molecule has 1 N–H and O–H groups in total. The molecule has 0 aliphatic carbocycles. The number of aromatic nitrogens is 2. The van der Waals surface area contributed by atoms with Gasteiger partial charge in [0.05, 0.1) is 0 Å². The number of likely N-dealkylation sites (tertiary alicyclic amines) is 1. The van der Waals surface area contributed by atoms with Crippen LogP contribution in [0.5, 0.6) is 0 Å². The van der Waals surface area contributed by atoms with Crippen molar-refractivity contribution in [1.82, 2.24) is 14.9 Å². The Morgan fingerprint density at radius 3 is 3.00 bits per heavy atom. The molecule has 1 aliphatic rings. The summed E-state index contributed by atoms with van der Waals surface area (Å²) < 4.78 is 0.951. The smallest absolute Gasteiger partial charge is 0.148 e. The molecule has 1 unspecified atom stereocenters. The van der Waals surface area contributed by atoms with Crippen molar-refractivity contribution < 1.29 is 0 Å². The van der Waals surface area contributed by atoms with E-state index in [-0.39, 0.29) is 0 Å². The van der Waals surface area contributed by atoms with E-state index in [0.29, 0.717) is 6.04 Å². The molecule has 1 aromatic heterocycles. The van der Waals surface area contributed by atoms with Gasteiger partial charge in [-0.3, -0.25) is 0 Å². The third-order valence-electron chi connectivity index (χ3n) is 3.60. The number of hydrogen-bond acceptors (Lipinski definition) is 5. The summed E-state index contributed by atoms with van der Waals surface area (Å²) in [5.41, 5.74) is 0. The zero-order valence-corrected chi connectivity index (χ0v) is 13.4. The molecule has 1 aliphatic heterocycles. The molecule has 1 atom stereocenters. The van der Waals surface area contributed by atoms with Crippen LogP contribution in [-0.4, -0.2) is 54.6 Å². The normalized spacial score (nSPS) is 20.3. The minimum atomic E-state index is 0.513. The molecule has 0 bridgehead atoms. The summed E-state index contributed by atoms with van der Waals surface area (Å²) in [4.78, 5) is 13.3. The highest BCUT2D eigenvalue weighted by Gasteiger charge is 2.24. The van der Waals surface area contributed by atoms with Crippen LogP contribution in [-0.2, 0) is 0 Å². The van der Waals surface area contributed by atoms with Gasteiger partial charge in [-0.15, -0.1) is 0 Å². The van der Waals surface area contributed by atoms with Crippen molar-refractivity contribution in [2.75, 3.05) is 43.9 Å². The van der Waals surface area contributed by atoms with E-state index in [4.69, 9.17) is 0 Å². The van der Waals surface area contributed by atoms with Gasteiger partial charge in [-0.05, 0) is 49.3 Å². The second-order valence-electron chi connectivity index (χ2n) is 5.06. The SMILES string of the molecule is CCNc1ncnc(N(C)C2CCCN(C)C2)c1Br. The summed E-state index contributed by atoms with van der Waals surface area (Å²) in [6.45, 7) is 5.19. The van der Waals surface area contributed by atoms with Crippen LogP contribution >= 0.6 is 15.9 Å². The molecule has 0 amide bonds. The summed E-state index contributed by atoms with van der Waals surface area (Å²) in [5, 5.41) is 3.25. The van der Waals surface area contributed by atoms with E-state index in [0.717, 1.165) is 29.2 Å². The molecule has 0 aromatic carbocycles. The van der Waals surface area contributed by atoms with Gasteiger partial charge in [0, 0.05) is 26.2 Å². The van der Waals surface area contributed by atoms with E-state index < -0.39 is 0 Å². The van der Waals surface area contributed by atoms with E-state index in [2.05, 4.69) is 62.0 Å². The molecular formula is C13H22BrN5. The van der Waals surface area contributed by atoms with Crippen molar-refractivity contribution in [1.29, 1.82) is 0 Å². The highest BCUT2D eigenvalue weighted by Crippen LogP contribution is 2.31. The molecular weight excluding hydrogens is 306 g/mol. The lowest BCUT2D eigenvalue weighted by molar-refractivity contribution is 0.247. The largest absolute Gasteiger partial charge is 0.369 e. The van der Waals surface area contributed by atoms with E-state index in [9.17, 15) is 0 Å². The molecule has 106 valence electrons. The Bertz CT molecular complexity index is 425. The van der Waals surface area contributed by atoms with Gasteiger partial charge in [-0.2, -0.15) is 0 Å². The zero-order chi connectivity index (χ0) is 13.8. The molecule has 6 heteroatoms. The highest BCUT2D eigenvalue weighted by molar-refractivity contribution is 9.10. The van der Waals surface area contributed by atoms with E-state index in [1.807, 2.05) is 0 Å². The first-order chi connectivity index (χ1) is 9.13. The molecule has 1 saturated heterocycles. The quantitative estimate of drug-likeness (QED) is 0.918. The Labute approximate surface area is 123 Å². The fourth-order valence-electron chi connectivity index (χ4n) is 2.53. The predicted octanol–water partition coefficient (Wildman–Crippen LogP) is 2.20. The summed E-state index contributed by atoms with van der Waals surface area (Å²) in [7, 11) is 4.30. The van der Waals surface area contributed by atoms with E-state index >= 15 is 0 Å². The Hall–Kier alpha value is -0.880. The van der Waals surface area contributed by atoms with Crippen molar-refractivity contribution in [2.24, 2.45) is 0 Å². The number of nitrogens with zero attached hydrogens (tertiary/aromatic N) is 4. The van der Waals surface area contributed by atoms with Crippen LogP contribution in [0.4, 0.5) is 11.6 Å². The lowest BCUT2D eigenvalue weighted by atomic mass is 10.1. The molecule has 5 nitrogen and oxygen atoms in total. The van der Waals surface area contributed by atoms with Gasteiger partial charge >= 0.3 is 0 Å². The summed E-state index contributed by atoms with van der Waals surface area (Å²) >= 11 is 3.62. The third-order valence-corrected chi connectivity index (χ3v) is 4.33. The Morgan fingerprint density at radius 1 is 1.53 bits per heavy atom. The minimum absolute atomic E-state index is 0.513. The van der Waals surface area contributed by atoms with Crippen molar-refractivity contribution >= 4 is 27.6 Å². The molecule has 19 heavy (non-hydrogen) atoms. The molecule has 1 fully saturated rings.